The first-order valence-corrected chi connectivity index (χ1v) is 5.86. The first-order chi connectivity index (χ1) is 9.28. The van der Waals surface area contributed by atoms with Crippen molar-refractivity contribution in [2.45, 2.75) is 13.1 Å². The van der Waals surface area contributed by atoms with E-state index in [-0.39, 0.29) is 6.03 Å². The van der Waals surface area contributed by atoms with Crippen molar-refractivity contribution >= 4 is 11.7 Å². The molecule has 1 heterocycles. The lowest BCUT2D eigenvalue weighted by Crippen LogP contribution is -2.28. The van der Waals surface area contributed by atoms with Crippen LogP contribution in [0, 0.1) is 0 Å². The Hall–Kier alpha value is -2.47. The number of nitrogens with two attached hydrogens (primary N) is 1. The topological polar surface area (TPSA) is 92.9 Å². The number of anilines is 1. The van der Waals surface area contributed by atoms with Gasteiger partial charge in [-0.2, -0.15) is 0 Å². The van der Waals surface area contributed by atoms with Crippen molar-refractivity contribution < 1.29 is 4.79 Å². The molecule has 1 aromatic carbocycles. The molecule has 0 saturated heterocycles. The Morgan fingerprint density at radius 3 is 2.95 bits per heavy atom. The predicted octanol–water partition coefficient (Wildman–Crippen LogP) is 1.26. The van der Waals surface area contributed by atoms with Gasteiger partial charge in [0.2, 0.25) is 0 Å². The van der Waals surface area contributed by atoms with Crippen molar-refractivity contribution in [2.24, 2.45) is 5.73 Å². The quantitative estimate of drug-likeness (QED) is 0.768. The smallest absolute Gasteiger partial charge is 0.319 e. The number of hydrogen-bond donors (Lipinski definition) is 3. The number of aromatic nitrogens is 2. The van der Waals surface area contributed by atoms with Crippen LogP contribution in [0.25, 0.3) is 0 Å². The van der Waals surface area contributed by atoms with E-state index < -0.39 is 0 Å². The number of amides is 2. The third-order valence-electron chi connectivity index (χ3n) is 2.49. The zero-order valence-electron chi connectivity index (χ0n) is 10.3. The normalized spacial score (nSPS) is 9.95. The molecule has 2 amide bonds. The largest absolute Gasteiger partial charge is 0.332 e. The van der Waals surface area contributed by atoms with Crippen LogP contribution in [-0.2, 0) is 13.1 Å². The summed E-state index contributed by atoms with van der Waals surface area (Å²) in [5.74, 6) is 0. The predicted molar refractivity (Wildman–Crippen MR) is 72.2 cm³/mol. The summed E-state index contributed by atoms with van der Waals surface area (Å²) in [5.41, 5.74) is 7.97. The Kier molecular flexibility index (Phi) is 4.41. The highest BCUT2D eigenvalue weighted by molar-refractivity contribution is 5.89. The lowest BCUT2D eigenvalue weighted by atomic mass is 10.2. The van der Waals surface area contributed by atoms with Crippen LogP contribution in [0.1, 0.15) is 11.3 Å². The first kappa shape index (κ1) is 13.0. The molecule has 0 atom stereocenters. The summed E-state index contributed by atoms with van der Waals surface area (Å²) in [6.45, 7) is 0.795. The number of hydrogen-bond acceptors (Lipinski definition) is 4. The van der Waals surface area contributed by atoms with Crippen molar-refractivity contribution in [2.75, 3.05) is 5.32 Å². The molecule has 0 unspecified atom stereocenters. The third-order valence-corrected chi connectivity index (χ3v) is 2.49. The van der Waals surface area contributed by atoms with E-state index in [1.165, 1.54) is 6.33 Å². The van der Waals surface area contributed by atoms with E-state index in [1.54, 1.807) is 12.3 Å². The summed E-state index contributed by atoms with van der Waals surface area (Å²) in [5, 5.41) is 5.45. The summed E-state index contributed by atoms with van der Waals surface area (Å²) in [7, 11) is 0. The van der Waals surface area contributed by atoms with Crippen LogP contribution >= 0.6 is 0 Å². The average molecular weight is 257 g/mol. The molecule has 19 heavy (non-hydrogen) atoms. The van der Waals surface area contributed by atoms with E-state index in [0.717, 1.165) is 11.3 Å². The number of benzene rings is 1. The SMILES string of the molecule is NCc1cccc(NC(=O)NCc2ccncn2)c1. The van der Waals surface area contributed by atoms with Gasteiger partial charge in [0.25, 0.3) is 0 Å². The Morgan fingerprint density at radius 2 is 2.21 bits per heavy atom. The molecule has 98 valence electrons. The highest BCUT2D eigenvalue weighted by Gasteiger charge is 2.02. The second-order valence-electron chi connectivity index (χ2n) is 3.91. The van der Waals surface area contributed by atoms with Gasteiger partial charge in [0.1, 0.15) is 6.33 Å². The molecule has 6 heteroatoms. The number of nitrogens with zero attached hydrogens (tertiary/aromatic N) is 2. The fourth-order valence-electron chi connectivity index (χ4n) is 1.54. The molecule has 4 N–H and O–H groups in total. The van der Waals surface area contributed by atoms with Crippen LogP contribution in [0.3, 0.4) is 0 Å². The van der Waals surface area contributed by atoms with Crippen LogP contribution in [-0.4, -0.2) is 16.0 Å². The van der Waals surface area contributed by atoms with Gasteiger partial charge in [-0.05, 0) is 23.8 Å². The molecule has 0 aliphatic carbocycles. The lowest BCUT2D eigenvalue weighted by molar-refractivity contribution is 0.251. The van der Waals surface area contributed by atoms with E-state index in [0.29, 0.717) is 18.8 Å². The molecule has 2 rings (SSSR count). The van der Waals surface area contributed by atoms with Gasteiger partial charge >= 0.3 is 6.03 Å². The Bertz CT molecular complexity index is 544. The minimum atomic E-state index is -0.284. The lowest BCUT2D eigenvalue weighted by Gasteiger charge is -2.08. The number of urea groups is 1. The number of carbonyl (C=O) groups is 1. The van der Waals surface area contributed by atoms with Crippen molar-refractivity contribution in [3.8, 4) is 0 Å². The summed E-state index contributed by atoms with van der Waals surface area (Å²) in [6, 6.07) is 8.86. The minimum absolute atomic E-state index is 0.284. The molecular formula is C13H15N5O. The molecule has 6 nitrogen and oxygen atoms in total. The second-order valence-corrected chi connectivity index (χ2v) is 3.91. The fraction of sp³-hybridized carbons (Fsp3) is 0.154. The van der Waals surface area contributed by atoms with E-state index in [1.807, 2.05) is 24.3 Å². The highest BCUT2D eigenvalue weighted by atomic mass is 16.2. The maximum atomic E-state index is 11.7. The fourth-order valence-corrected chi connectivity index (χ4v) is 1.54. The minimum Gasteiger partial charge on any atom is -0.332 e. The van der Waals surface area contributed by atoms with Gasteiger partial charge < -0.3 is 16.4 Å². The molecular weight excluding hydrogens is 242 g/mol. The summed E-state index contributed by atoms with van der Waals surface area (Å²) < 4.78 is 0. The molecule has 0 saturated carbocycles. The third kappa shape index (κ3) is 4.04. The van der Waals surface area contributed by atoms with Crippen LogP contribution in [0.15, 0.2) is 42.9 Å². The Labute approximate surface area is 111 Å². The summed E-state index contributed by atoms with van der Waals surface area (Å²) >= 11 is 0. The average Bonchev–Trinajstić information content (AvgIpc) is 2.46. The first-order valence-electron chi connectivity index (χ1n) is 5.86. The van der Waals surface area contributed by atoms with Gasteiger partial charge in [0, 0.05) is 18.4 Å². The van der Waals surface area contributed by atoms with Gasteiger partial charge in [-0.3, -0.25) is 0 Å². The van der Waals surface area contributed by atoms with Crippen molar-refractivity contribution in [1.82, 2.24) is 15.3 Å². The maximum Gasteiger partial charge on any atom is 0.319 e. The Morgan fingerprint density at radius 1 is 1.32 bits per heavy atom. The maximum absolute atomic E-state index is 11.7. The number of nitrogens with one attached hydrogen (secondary N) is 2. The van der Waals surface area contributed by atoms with Crippen LogP contribution in [0.2, 0.25) is 0 Å². The monoisotopic (exact) mass is 257 g/mol. The van der Waals surface area contributed by atoms with Gasteiger partial charge in [0.15, 0.2) is 0 Å². The van der Waals surface area contributed by atoms with E-state index in [2.05, 4.69) is 20.6 Å². The van der Waals surface area contributed by atoms with Gasteiger partial charge in [-0.15, -0.1) is 0 Å². The molecule has 0 fully saturated rings. The number of carbonyl (C=O) groups excluding carboxylic acids is 1. The molecule has 0 spiro atoms. The molecule has 0 aliphatic rings. The van der Waals surface area contributed by atoms with Crippen molar-refractivity contribution in [1.29, 1.82) is 0 Å². The highest BCUT2D eigenvalue weighted by Crippen LogP contribution is 2.09. The summed E-state index contributed by atoms with van der Waals surface area (Å²) in [6.07, 6.45) is 3.08. The molecule has 0 bridgehead atoms. The zero-order chi connectivity index (χ0) is 13.5. The van der Waals surface area contributed by atoms with Crippen LogP contribution < -0.4 is 16.4 Å². The van der Waals surface area contributed by atoms with E-state index in [9.17, 15) is 4.79 Å². The molecule has 2 aromatic rings. The Balaban J connectivity index is 1.87. The van der Waals surface area contributed by atoms with Crippen molar-refractivity contribution in [3.63, 3.8) is 0 Å². The van der Waals surface area contributed by atoms with Gasteiger partial charge in [-0.1, -0.05) is 12.1 Å². The van der Waals surface area contributed by atoms with Crippen molar-refractivity contribution in [3.05, 3.63) is 54.1 Å². The van der Waals surface area contributed by atoms with Gasteiger partial charge in [0.05, 0.1) is 12.2 Å². The molecule has 1 aromatic heterocycles. The zero-order valence-corrected chi connectivity index (χ0v) is 10.3. The summed E-state index contributed by atoms with van der Waals surface area (Å²) in [4.78, 5) is 19.5. The van der Waals surface area contributed by atoms with Crippen LogP contribution in [0.5, 0.6) is 0 Å². The molecule has 0 aliphatic heterocycles. The second kappa shape index (κ2) is 6.46. The standard InChI is InChI=1S/C13H15N5O/c14-7-10-2-1-3-11(6-10)18-13(19)16-8-12-4-5-15-9-17-12/h1-6,9H,7-8,14H2,(H2,16,18,19). The van der Waals surface area contributed by atoms with E-state index in [4.69, 9.17) is 5.73 Å². The van der Waals surface area contributed by atoms with Gasteiger partial charge in [-0.25, -0.2) is 14.8 Å². The number of rotatable bonds is 4. The molecule has 0 radical (unpaired) electrons. The van der Waals surface area contributed by atoms with Crippen LogP contribution in [0.4, 0.5) is 10.5 Å². The van der Waals surface area contributed by atoms with E-state index >= 15 is 0 Å².